The smallest absolute Gasteiger partial charge is 0.251 e. The maximum Gasteiger partial charge on any atom is 0.251 e. The van der Waals surface area contributed by atoms with Crippen LogP contribution in [0, 0.1) is 0 Å². The van der Waals surface area contributed by atoms with Crippen molar-refractivity contribution in [2.75, 3.05) is 6.54 Å². The summed E-state index contributed by atoms with van der Waals surface area (Å²) in [4.78, 5) is 16.4. The van der Waals surface area contributed by atoms with Crippen molar-refractivity contribution in [1.29, 1.82) is 0 Å². The molecule has 0 bridgehead atoms. The topological polar surface area (TPSA) is 79.5 Å². The van der Waals surface area contributed by atoms with Gasteiger partial charge in [0.05, 0.1) is 6.54 Å². The Morgan fingerprint density at radius 1 is 1.08 bits per heavy atom. The first-order valence-electron chi connectivity index (χ1n) is 9.06. The zero-order valence-electron chi connectivity index (χ0n) is 15.5. The van der Waals surface area contributed by atoms with Gasteiger partial charge in [-0.05, 0) is 43.0 Å². The number of guanidine groups is 1. The molecule has 0 aliphatic rings. The van der Waals surface area contributed by atoms with Crippen LogP contribution in [0.5, 0.6) is 0 Å². The molecule has 0 aliphatic carbocycles. The zero-order chi connectivity index (χ0) is 18.8. The molecule has 1 atom stereocenters. The molecule has 2 rings (SSSR count). The Hall–Kier alpha value is -2.82. The van der Waals surface area contributed by atoms with Gasteiger partial charge >= 0.3 is 0 Å². The van der Waals surface area contributed by atoms with Gasteiger partial charge in [-0.1, -0.05) is 49.4 Å². The Kier molecular flexibility index (Phi) is 7.68. The van der Waals surface area contributed by atoms with Gasteiger partial charge in [0.25, 0.3) is 5.91 Å². The van der Waals surface area contributed by atoms with Gasteiger partial charge in [0.15, 0.2) is 5.96 Å². The van der Waals surface area contributed by atoms with Crippen molar-refractivity contribution >= 4 is 11.9 Å². The predicted molar refractivity (Wildman–Crippen MR) is 107 cm³/mol. The second-order valence-corrected chi connectivity index (χ2v) is 6.34. The average Bonchev–Trinajstić information content (AvgIpc) is 2.67. The molecule has 0 fully saturated rings. The highest BCUT2D eigenvalue weighted by atomic mass is 16.1. The van der Waals surface area contributed by atoms with Crippen molar-refractivity contribution in [3.63, 3.8) is 0 Å². The molecular weight excluding hydrogens is 324 g/mol. The van der Waals surface area contributed by atoms with Gasteiger partial charge in [-0.15, -0.1) is 0 Å². The van der Waals surface area contributed by atoms with E-state index in [2.05, 4.69) is 27.8 Å². The van der Waals surface area contributed by atoms with E-state index in [0.717, 1.165) is 24.9 Å². The van der Waals surface area contributed by atoms with E-state index in [1.807, 2.05) is 56.3 Å². The van der Waals surface area contributed by atoms with Crippen LogP contribution in [0.15, 0.2) is 59.6 Å². The number of carbonyl (C=O) groups excluding carboxylic acids is 1. The molecule has 5 nitrogen and oxygen atoms in total. The molecule has 0 aliphatic heterocycles. The normalized spacial score (nSPS) is 12.5. The molecule has 0 spiro atoms. The second-order valence-electron chi connectivity index (χ2n) is 6.34. The third-order valence-electron chi connectivity index (χ3n) is 4.20. The van der Waals surface area contributed by atoms with Gasteiger partial charge in [0, 0.05) is 18.2 Å². The van der Waals surface area contributed by atoms with Gasteiger partial charge in [-0.25, -0.2) is 4.99 Å². The van der Waals surface area contributed by atoms with Crippen molar-refractivity contribution in [2.45, 2.75) is 39.3 Å². The molecule has 0 aromatic heterocycles. The van der Waals surface area contributed by atoms with Gasteiger partial charge in [0.2, 0.25) is 0 Å². The number of amides is 1. The van der Waals surface area contributed by atoms with Crippen molar-refractivity contribution < 1.29 is 4.79 Å². The van der Waals surface area contributed by atoms with Crippen LogP contribution in [0.2, 0.25) is 0 Å². The molecule has 1 amide bonds. The van der Waals surface area contributed by atoms with Crippen molar-refractivity contribution in [3.8, 4) is 0 Å². The fourth-order valence-electron chi connectivity index (χ4n) is 2.38. The summed E-state index contributed by atoms with van der Waals surface area (Å²) >= 11 is 0. The Morgan fingerprint density at radius 2 is 1.77 bits per heavy atom. The molecule has 0 saturated carbocycles. The van der Waals surface area contributed by atoms with Crippen molar-refractivity contribution in [3.05, 3.63) is 71.3 Å². The molecular formula is C21H28N4O. The molecule has 5 heteroatoms. The van der Waals surface area contributed by atoms with Gasteiger partial charge in [-0.3, -0.25) is 4.79 Å². The third-order valence-corrected chi connectivity index (χ3v) is 4.20. The van der Waals surface area contributed by atoms with Crippen LogP contribution in [0.1, 0.15) is 41.8 Å². The summed E-state index contributed by atoms with van der Waals surface area (Å²) in [6.45, 7) is 5.27. The summed E-state index contributed by atoms with van der Waals surface area (Å²) < 4.78 is 0. The summed E-state index contributed by atoms with van der Waals surface area (Å²) in [5.74, 6) is 0.385. The van der Waals surface area contributed by atoms with E-state index >= 15 is 0 Å². The van der Waals surface area contributed by atoms with Gasteiger partial charge < -0.3 is 16.4 Å². The Labute approximate surface area is 155 Å². The number of carbonyl (C=O) groups is 1. The highest BCUT2D eigenvalue weighted by Gasteiger charge is 2.08. The number of nitrogens with zero attached hydrogens (tertiary/aromatic N) is 1. The predicted octanol–water partition coefficient (Wildman–Crippen LogP) is 2.86. The average molecular weight is 352 g/mol. The fraction of sp³-hybridized carbons (Fsp3) is 0.333. The van der Waals surface area contributed by atoms with E-state index in [-0.39, 0.29) is 11.9 Å². The molecule has 0 saturated heterocycles. The van der Waals surface area contributed by atoms with Crippen LogP contribution in [0.25, 0.3) is 0 Å². The monoisotopic (exact) mass is 352 g/mol. The molecule has 2 aromatic carbocycles. The van der Waals surface area contributed by atoms with E-state index in [1.165, 1.54) is 5.56 Å². The lowest BCUT2D eigenvalue weighted by atomic mass is 10.1. The quantitative estimate of drug-likeness (QED) is 0.505. The Balaban J connectivity index is 1.78. The van der Waals surface area contributed by atoms with Crippen molar-refractivity contribution in [1.82, 2.24) is 10.6 Å². The fourth-order valence-corrected chi connectivity index (χ4v) is 2.38. The lowest BCUT2D eigenvalue weighted by Gasteiger charge is -2.11. The van der Waals surface area contributed by atoms with E-state index in [9.17, 15) is 4.79 Å². The van der Waals surface area contributed by atoms with Crippen LogP contribution < -0.4 is 16.4 Å². The molecule has 0 heterocycles. The number of benzene rings is 2. The second kappa shape index (κ2) is 10.2. The summed E-state index contributed by atoms with van der Waals surface area (Å²) in [6.07, 6.45) is 1.81. The van der Waals surface area contributed by atoms with Crippen LogP contribution >= 0.6 is 0 Å². The van der Waals surface area contributed by atoms with Crippen LogP contribution in [-0.2, 0) is 13.0 Å². The molecule has 138 valence electrons. The molecule has 4 N–H and O–H groups in total. The SMILES string of the molecule is CCC(C)NC(=O)c1ccc(CN=C(N)NCCc2ccccc2)cc1. The third kappa shape index (κ3) is 6.59. The largest absolute Gasteiger partial charge is 0.370 e. The minimum absolute atomic E-state index is 0.0449. The molecule has 2 aromatic rings. The molecule has 1 unspecified atom stereocenters. The maximum absolute atomic E-state index is 12.1. The number of hydrogen-bond acceptors (Lipinski definition) is 2. The minimum atomic E-state index is -0.0449. The van der Waals surface area contributed by atoms with Gasteiger partial charge in [-0.2, -0.15) is 0 Å². The van der Waals surface area contributed by atoms with Crippen molar-refractivity contribution in [2.24, 2.45) is 10.7 Å². The first kappa shape index (κ1) is 19.5. The lowest BCUT2D eigenvalue weighted by Crippen LogP contribution is -2.33. The molecule has 0 radical (unpaired) electrons. The Morgan fingerprint density at radius 3 is 2.42 bits per heavy atom. The highest BCUT2D eigenvalue weighted by Crippen LogP contribution is 2.06. The summed E-state index contributed by atoms with van der Waals surface area (Å²) in [7, 11) is 0. The number of nitrogens with two attached hydrogens (primary N) is 1. The first-order valence-corrected chi connectivity index (χ1v) is 9.06. The van der Waals surface area contributed by atoms with E-state index in [0.29, 0.717) is 18.1 Å². The lowest BCUT2D eigenvalue weighted by molar-refractivity contribution is 0.0939. The standard InChI is InChI=1S/C21H28N4O/c1-3-16(2)25-20(26)19-11-9-18(10-12-19)15-24-21(22)23-14-13-17-7-5-4-6-8-17/h4-12,16H,3,13-15H2,1-2H3,(H,25,26)(H3,22,23,24). The number of hydrogen-bond donors (Lipinski definition) is 3. The van der Waals surface area contributed by atoms with E-state index in [4.69, 9.17) is 5.73 Å². The first-order chi connectivity index (χ1) is 12.6. The van der Waals surface area contributed by atoms with Crippen LogP contribution in [-0.4, -0.2) is 24.5 Å². The zero-order valence-corrected chi connectivity index (χ0v) is 15.5. The minimum Gasteiger partial charge on any atom is -0.370 e. The summed E-state index contributed by atoms with van der Waals surface area (Å²) in [5, 5.41) is 6.08. The summed E-state index contributed by atoms with van der Waals surface area (Å²) in [5.41, 5.74) is 8.84. The van der Waals surface area contributed by atoms with Gasteiger partial charge in [0.1, 0.15) is 0 Å². The highest BCUT2D eigenvalue weighted by molar-refractivity contribution is 5.94. The maximum atomic E-state index is 12.1. The molecule has 26 heavy (non-hydrogen) atoms. The van der Waals surface area contributed by atoms with Crippen LogP contribution in [0.4, 0.5) is 0 Å². The van der Waals surface area contributed by atoms with Crippen LogP contribution in [0.3, 0.4) is 0 Å². The van der Waals surface area contributed by atoms with E-state index < -0.39 is 0 Å². The number of aliphatic imine (C=N–C) groups is 1. The number of nitrogens with one attached hydrogen (secondary N) is 2. The Bertz CT molecular complexity index is 711. The number of rotatable bonds is 8. The summed E-state index contributed by atoms with van der Waals surface area (Å²) in [6, 6.07) is 17.9. The van der Waals surface area contributed by atoms with E-state index in [1.54, 1.807) is 0 Å².